The predicted molar refractivity (Wildman–Crippen MR) is 181 cm³/mol. The van der Waals surface area contributed by atoms with Crippen LogP contribution in [0.1, 0.15) is 121 Å². The minimum absolute atomic E-state index is 0.311. The molecule has 0 heterocycles. The first kappa shape index (κ1) is 33.9. The Kier molecular flexibility index (Phi) is 13.7. The third kappa shape index (κ3) is 11.6. The summed E-state index contributed by atoms with van der Waals surface area (Å²) in [6.45, 7) is 23.2. The van der Waals surface area contributed by atoms with E-state index in [0.717, 1.165) is 18.8 Å². The Hall–Kier alpha value is -2.34. The zero-order valence-corrected chi connectivity index (χ0v) is 27.7. The maximum Gasteiger partial charge on any atom is -0.0104 e. The van der Waals surface area contributed by atoms with Crippen LogP contribution in [0.5, 0.6) is 0 Å². The van der Waals surface area contributed by atoms with Crippen molar-refractivity contribution in [1.29, 1.82) is 0 Å². The van der Waals surface area contributed by atoms with Crippen molar-refractivity contribution in [2.24, 2.45) is 22.7 Å². The molecule has 0 aliphatic heterocycles. The molecule has 40 heavy (non-hydrogen) atoms. The highest BCUT2D eigenvalue weighted by atomic mass is 14.4. The number of hydrogen-bond acceptors (Lipinski definition) is 0. The van der Waals surface area contributed by atoms with Crippen molar-refractivity contribution in [2.75, 3.05) is 0 Å². The van der Waals surface area contributed by atoms with Crippen molar-refractivity contribution in [3.05, 3.63) is 106 Å². The van der Waals surface area contributed by atoms with Gasteiger partial charge < -0.3 is 0 Å². The first-order valence-corrected chi connectivity index (χ1v) is 15.9. The van der Waals surface area contributed by atoms with Gasteiger partial charge in [0.15, 0.2) is 0 Å². The number of allylic oxidation sites excluding steroid dienone is 18. The molecule has 0 amide bonds. The molecule has 1 saturated carbocycles. The summed E-state index contributed by atoms with van der Waals surface area (Å²) in [6.07, 6.45) is 37.3. The average Bonchev–Trinajstić information content (AvgIpc) is 2.85. The van der Waals surface area contributed by atoms with Gasteiger partial charge in [-0.05, 0) is 101 Å². The van der Waals surface area contributed by atoms with E-state index in [1.54, 1.807) is 11.1 Å². The zero-order chi connectivity index (χ0) is 29.8. The molecule has 1 fully saturated rings. The van der Waals surface area contributed by atoms with E-state index in [-0.39, 0.29) is 0 Å². The van der Waals surface area contributed by atoms with Crippen LogP contribution in [-0.4, -0.2) is 0 Å². The average molecular weight is 541 g/mol. The monoisotopic (exact) mass is 540 g/mol. The van der Waals surface area contributed by atoms with Gasteiger partial charge in [0.05, 0.1) is 0 Å². The standard InChI is InChI=1S/C40H60/c1-31(19-13-21-33(3)25-27-37-35(5)23-15-29-39(37,7)8)17-11-12-18-32(2)20-14-22-34(4)26-28-38-36(6)24-16-30-40(38,9)10/h11-13,17-19,21-22,25-28,35,37H,14-16,20,23-24,29-30H2,1-10H3/b12-11+,19-13+,27-25+,28-26+,31-17+,32-18+,33-21+,34-22+. The molecular formula is C40H60. The molecule has 2 rings (SSSR count). The van der Waals surface area contributed by atoms with Crippen LogP contribution in [0, 0.1) is 22.7 Å². The predicted octanol–water partition coefficient (Wildman–Crippen LogP) is 12.8. The Morgan fingerprint density at radius 2 is 1.48 bits per heavy atom. The molecule has 0 aromatic rings. The smallest absolute Gasteiger partial charge is 0.0104 e. The van der Waals surface area contributed by atoms with Gasteiger partial charge in [-0.3, -0.25) is 0 Å². The van der Waals surface area contributed by atoms with Crippen molar-refractivity contribution in [2.45, 2.75) is 121 Å². The molecule has 2 aliphatic carbocycles. The molecule has 2 unspecified atom stereocenters. The molecule has 2 atom stereocenters. The first-order valence-electron chi connectivity index (χ1n) is 15.9. The van der Waals surface area contributed by atoms with Gasteiger partial charge in [-0.15, -0.1) is 0 Å². The molecule has 0 heteroatoms. The van der Waals surface area contributed by atoms with Crippen LogP contribution in [0.25, 0.3) is 0 Å². The summed E-state index contributed by atoms with van der Waals surface area (Å²) in [7, 11) is 0. The topological polar surface area (TPSA) is 0 Å². The van der Waals surface area contributed by atoms with E-state index < -0.39 is 0 Å². The molecule has 0 aromatic carbocycles. The molecule has 0 N–H and O–H groups in total. The second-order valence-corrected chi connectivity index (χ2v) is 14.1. The Morgan fingerprint density at radius 1 is 0.800 bits per heavy atom. The lowest BCUT2D eigenvalue weighted by Gasteiger charge is -2.41. The first-order chi connectivity index (χ1) is 18.8. The fraction of sp³-hybridized carbons (Fsp3) is 0.550. The van der Waals surface area contributed by atoms with E-state index in [2.05, 4.69) is 142 Å². The lowest BCUT2D eigenvalue weighted by molar-refractivity contribution is 0.123. The summed E-state index contributed by atoms with van der Waals surface area (Å²) in [6, 6.07) is 0. The van der Waals surface area contributed by atoms with Gasteiger partial charge in [-0.2, -0.15) is 0 Å². The highest BCUT2D eigenvalue weighted by molar-refractivity contribution is 5.36. The van der Waals surface area contributed by atoms with Crippen LogP contribution >= 0.6 is 0 Å². The highest BCUT2D eigenvalue weighted by Crippen LogP contribution is 2.44. The Labute approximate surface area is 249 Å². The quantitative estimate of drug-likeness (QED) is 0.229. The Morgan fingerprint density at radius 3 is 2.17 bits per heavy atom. The van der Waals surface area contributed by atoms with Gasteiger partial charge in [-0.1, -0.05) is 148 Å². The van der Waals surface area contributed by atoms with Gasteiger partial charge in [0.1, 0.15) is 0 Å². The summed E-state index contributed by atoms with van der Waals surface area (Å²) >= 11 is 0. The number of hydrogen-bond donors (Lipinski definition) is 0. The van der Waals surface area contributed by atoms with Crippen LogP contribution in [0.15, 0.2) is 106 Å². The summed E-state index contributed by atoms with van der Waals surface area (Å²) in [5.74, 6) is 1.46. The number of rotatable bonds is 11. The van der Waals surface area contributed by atoms with Crippen LogP contribution in [-0.2, 0) is 0 Å². The van der Waals surface area contributed by atoms with Crippen LogP contribution < -0.4 is 0 Å². The molecule has 2 aliphatic rings. The van der Waals surface area contributed by atoms with Gasteiger partial charge in [0.25, 0.3) is 0 Å². The van der Waals surface area contributed by atoms with Crippen molar-refractivity contribution < 1.29 is 0 Å². The molecule has 0 spiro atoms. The Balaban J connectivity index is 1.81. The van der Waals surface area contributed by atoms with Gasteiger partial charge in [0.2, 0.25) is 0 Å². The fourth-order valence-corrected chi connectivity index (χ4v) is 6.50. The summed E-state index contributed by atoms with van der Waals surface area (Å²) in [4.78, 5) is 0. The van der Waals surface area contributed by atoms with Gasteiger partial charge >= 0.3 is 0 Å². The van der Waals surface area contributed by atoms with Crippen LogP contribution in [0.2, 0.25) is 0 Å². The maximum atomic E-state index is 2.47. The molecule has 0 aromatic heterocycles. The van der Waals surface area contributed by atoms with Crippen LogP contribution in [0.3, 0.4) is 0 Å². The minimum atomic E-state index is 0.311. The van der Waals surface area contributed by atoms with Crippen molar-refractivity contribution in [3.8, 4) is 0 Å². The van der Waals surface area contributed by atoms with Crippen molar-refractivity contribution >= 4 is 0 Å². The van der Waals surface area contributed by atoms with E-state index in [4.69, 9.17) is 0 Å². The zero-order valence-electron chi connectivity index (χ0n) is 27.7. The van der Waals surface area contributed by atoms with Gasteiger partial charge in [-0.25, -0.2) is 0 Å². The second kappa shape index (κ2) is 16.2. The van der Waals surface area contributed by atoms with E-state index >= 15 is 0 Å². The normalized spacial score (nSPS) is 25.4. The molecule has 0 nitrogen and oxygen atoms in total. The lowest BCUT2D eigenvalue weighted by atomic mass is 9.64. The van der Waals surface area contributed by atoms with Crippen molar-refractivity contribution in [1.82, 2.24) is 0 Å². The minimum Gasteiger partial charge on any atom is -0.0813 e. The fourth-order valence-electron chi connectivity index (χ4n) is 6.50. The van der Waals surface area contributed by atoms with Gasteiger partial charge in [0, 0.05) is 0 Å². The van der Waals surface area contributed by atoms with E-state index in [9.17, 15) is 0 Å². The lowest BCUT2D eigenvalue weighted by Crippen LogP contribution is -2.32. The van der Waals surface area contributed by atoms with E-state index in [1.165, 1.54) is 60.8 Å². The molecule has 0 radical (unpaired) electrons. The molecule has 220 valence electrons. The molecular weight excluding hydrogens is 480 g/mol. The van der Waals surface area contributed by atoms with Crippen molar-refractivity contribution in [3.63, 3.8) is 0 Å². The van der Waals surface area contributed by atoms with Crippen LogP contribution in [0.4, 0.5) is 0 Å². The molecule has 0 saturated heterocycles. The highest BCUT2D eigenvalue weighted by Gasteiger charge is 2.34. The summed E-state index contributed by atoms with van der Waals surface area (Å²) < 4.78 is 0. The van der Waals surface area contributed by atoms with E-state index in [0.29, 0.717) is 16.7 Å². The Bertz CT molecular complexity index is 1100. The summed E-state index contributed by atoms with van der Waals surface area (Å²) in [5.41, 5.74) is 9.19. The largest absolute Gasteiger partial charge is 0.0813 e. The molecule has 0 bridgehead atoms. The second-order valence-electron chi connectivity index (χ2n) is 14.1. The third-order valence-electron chi connectivity index (χ3n) is 9.19. The maximum absolute atomic E-state index is 2.47. The SMILES string of the molecule is CC1=C(/C=C/C(C)=C/CC/C(C)=C/C=C/C=C(C)/C=C/C=C(C)/C=C/C2C(C)CCCC2(C)C)C(C)(C)CCC1. The summed E-state index contributed by atoms with van der Waals surface area (Å²) in [5, 5.41) is 0. The third-order valence-corrected chi connectivity index (χ3v) is 9.19. The van der Waals surface area contributed by atoms with E-state index in [1.807, 2.05) is 0 Å².